The summed E-state index contributed by atoms with van der Waals surface area (Å²) in [5, 5.41) is 11.1. The standard InChI is InChI=1S/C19H19ClN4O/c1-2-21-19(25)24-18-9-14-8-15(10-17(20)16(14)12-23-18)22-11-13-6-4-3-5-7-13/h3-10,12,22H,2,11H2,1H3,(H2,21,23,24,25). The number of benzene rings is 2. The number of rotatable bonds is 5. The fraction of sp³-hybridized carbons (Fsp3) is 0.158. The number of pyridine rings is 1. The van der Waals surface area contributed by atoms with Gasteiger partial charge in [0, 0.05) is 30.4 Å². The fourth-order valence-electron chi connectivity index (χ4n) is 2.50. The number of carbonyl (C=O) groups excluding carboxylic acids is 1. The highest BCUT2D eigenvalue weighted by Crippen LogP contribution is 2.29. The molecule has 0 atom stereocenters. The van der Waals surface area contributed by atoms with Gasteiger partial charge >= 0.3 is 6.03 Å². The molecular weight excluding hydrogens is 336 g/mol. The Morgan fingerprint density at radius 2 is 1.96 bits per heavy atom. The van der Waals surface area contributed by atoms with Crippen molar-refractivity contribution in [3.05, 3.63) is 65.3 Å². The number of nitrogens with one attached hydrogen (secondary N) is 3. The molecule has 5 nitrogen and oxygen atoms in total. The van der Waals surface area contributed by atoms with Gasteiger partial charge in [-0.25, -0.2) is 9.78 Å². The smallest absolute Gasteiger partial charge is 0.320 e. The number of anilines is 2. The van der Waals surface area contributed by atoms with Gasteiger partial charge in [0.25, 0.3) is 0 Å². The summed E-state index contributed by atoms with van der Waals surface area (Å²) in [6.07, 6.45) is 1.67. The number of hydrogen-bond acceptors (Lipinski definition) is 3. The predicted octanol–water partition coefficient (Wildman–Crippen LogP) is 4.64. The molecule has 0 aliphatic carbocycles. The number of halogens is 1. The lowest BCUT2D eigenvalue weighted by molar-refractivity contribution is 0.252. The minimum atomic E-state index is -0.279. The van der Waals surface area contributed by atoms with E-state index >= 15 is 0 Å². The van der Waals surface area contributed by atoms with E-state index in [0.29, 0.717) is 23.9 Å². The third-order valence-electron chi connectivity index (χ3n) is 3.70. The first kappa shape index (κ1) is 17.0. The summed E-state index contributed by atoms with van der Waals surface area (Å²) in [7, 11) is 0. The minimum Gasteiger partial charge on any atom is -0.381 e. The van der Waals surface area contributed by atoms with E-state index in [0.717, 1.165) is 16.5 Å². The SMILES string of the molecule is CCNC(=O)Nc1cc2cc(NCc3ccccc3)cc(Cl)c2cn1. The zero-order valence-corrected chi connectivity index (χ0v) is 14.6. The van der Waals surface area contributed by atoms with Gasteiger partial charge in [-0.15, -0.1) is 0 Å². The van der Waals surface area contributed by atoms with Crippen molar-refractivity contribution in [2.45, 2.75) is 13.5 Å². The molecule has 128 valence electrons. The number of nitrogens with zero attached hydrogens (tertiary/aromatic N) is 1. The lowest BCUT2D eigenvalue weighted by Crippen LogP contribution is -2.28. The third kappa shape index (κ3) is 4.39. The molecule has 0 saturated heterocycles. The molecule has 0 aliphatic heterocycles. The van der Waals surface area contributed by atoms with E-state index in [1.54, 1.807) is 6.20 Å². The van der Waals surface area contributed by atoms with Crippen LogP contribution in [0.2, 0.25) is 5.02 Å². The van der Waals surface area contributed by atoms with Gasteiger partial charge in [0.15, 0.2) is 0 Å². The average molecular weight is 355 g/mol. The van der Waals surface area contributed by atoms with Gasteiger partial charge in [0.05, 0.1) is 5.02 Å². The monoisotopic (exact) mass is 354 g/mol. The van der Waals surface area contributed by atoms with Crippen LogP contribution in [0, 0.1) is 0 Å². The van der Waals surface area contributed by atoms with Crippen LogP contribution >= 0.6 is 11.6 Å². The van der Waals surface area contributed by atoms with Gasteiger partial charge in [0.1, 0.15) is 5.82 Å². The Kier molecular flexibility index (Phi) is 5.36. The zero-order valence-electron chi connectivity index (χ0n) is 13.8. The lowest BCUT2D eigenvalue weighted by atomic mass is 10.1. The Hall–Kier alpha value is -2.79. The average Bonchev–Trinajstić information content (AvgIpc) is 2.61. The molecule has 6 heteroatoms. The van der Waals surface area contributed by atoms with Crippen LogP contribution in [0.4, 0.5) is 16.3 Å². The summed E-state index contributed by atoms with van der Waals surface area (Å²) in [6.45, 7) is 3.12. The molecular formula is C19H19ClN4O. The van der Waals surface area contributed by atoms with Crippen molar-refractivity contribution in [3.63, 3.8) is 0 Å². The van der Waals surface area contributed by atoms with Gasteiger partial charge in [-0.2, -0.15) is 0 Å². The normalized spacial score (nSPS) is 10.5. The molecule has 3 aromatic rings. The lowest BCUT2D eigenvalue weighted by Gasteiger charge is -2.11. The van der Waals surface area contributed by atoms with Crippen LogP contribution in [-0.4, -0.2) is 17.6 Å². The van der Waals surface area contributed by atoms with Crippen LogP contribution in [-0.2, 0) is 6.54 Å². The van der Waals surface area contributed by atoms with E-state index in [4.69, 9.17) is 11.6 Å². The molecule has 1 aromatic heterocycles. The topological polar surface area (TPSA) is 66.1 Å². The van der Waals surface area contributed by atoms with E-state index in [9.17, 15) is 4.79 Å². The molecule has 25 heavy (non-hydrogen) atoms. The molecule has 3 rings (SSSR count). The number of aromatic nitrogens is 1. The second kappa shape index (κ2) is 7.85. The molecule has 3 N–H and O–H groups in total. The molecule has 1 heterocycles. The molecule has 0 aliphatic rings. The molecule has 0 bridgehead atoms. The van der Waals surface area contributed by atoms with Crippen LogP contribution < -0.4 is 16.0 Å². The second-order valence-electron chi connectivity index (χ2n) is 5.57. The maximum Gasteiger partial charge on any atom is 0.320 e. The zero-order chi connectivity index (χ0) is 17.6. The van der Waals surface area contributed by atoms with Crippen molar-refractivity contribution in [1.82, 2.24) is 10.3 Å². The highest BCUT2D eigenvalue weighted by Gasteiger charge is 2.07. The molecule has 0 saturated carbocycles. The Bertz CT molecular complexity index is 883. The van der Waals surface area contributed by atoms with Crippen molar-refractivity contribution >= 4 is 39.9 Å². The minimum absolute atomic E-state index is 0.279. The van der Waals surface area contributed by atoms with Crippen molar-refractivity contribution in [2.24, 2.45) is 0 Å². The molecule has 0 spiro atoms. The van der Waals surface area contributed by atoms with Crippen LogP contribution in [0.15, 0.2) is 54.7 Å². The predicted molar refractivity (Wildman–Crippen MR) is 103 cm³/mol. The molecule has 0 unspecified atom stereocenters. The molecule has 2 amide bonds. The quantitative estimate of drug-likeness (QED) is 0.625. The molecule has 0 fully saturated rings. The van der Waals surface area contributed by atoms with Crippen LogP contribution in [0.25, 0.3) is 10.8 Å². The second-order valence-corrected chi connectivity index (χ2v) is 5.98. The van der Waals surface area contributed by atoms with Gasteiger partial charge in [0.2, 0.25) is 0 Å². The number of urea groups is 1. The first-order valence-electron chi connectivity index (χ1n) is 8.07. The van der Waals surface area contributed by atoms with E-state index in [2.05, 4.69) is 33.1 Å². The highest BCUT2D eigenvalue weighted by atomic mass is 35.5. The van der Waals surface area contributed by atoms with Gasteiger partial charge in [-0.1, -0.05) is 41.9 Å². The Balaban J connectivity index is 1.81. The summed E-state index contributed by atoms with van der Waals surface area (Å²) in [5.74, 6) is 0.481. The summed E-state index contributed by atoms with van der Waals surface area (Å²) >= 11 is 6.37. The Labute approximate surface area is 151 Å². The van der Waals surface area contributed by atoms with Crippen molar-refractivity contribution < 1.29 is 4.79 Å². The first-order chi connectivity index (χ1) is 12.2. The van der Waals surface area contributed by atoms with Crippen LogP contribution in [0.1, 0.15) is 12.5 Å². The van der Waals surface area contributed by atoms with E-state index in [1.807, 2.05) is 43.3 Å². The summed E-state index contributed by atoms with van der Waals surface area (Å²) in [4.78, 5) is 15.9. The van der Waals surface area contributed by atoms with E-state index in [1.165, 1.54) is 5.56 Å². The van der Waals surface area contributed by atoms with Crippen molar-refractivity contribution in [3.8, 4) is 0 Å². The van der Waals surface area contributed by atoms with Crippen LogP contribution in [0.3, 0.4) is 0 Å². The largest absolute Gasteiger partial charge is 0.381 e. The van der Waals surface area contributed by atoms with E-state index in [-0.39, 0.29) is 6.03 Å². The maximum atomic E-state index is 11.6. The van der Waals surface area contributed by atoms with E-state index < -0.39 is 0 Å². The molecule has 2 aromatic carbocycles. The Morgan fingerprint density at radius 3 is 2.72 bits per heavy atom. The number of carbonyl (C=O) groups is 1. The Morgan fingerprint density at radius 1 is 1.16 bits per heavy atom. The first-order valence-corrected chi connectivity index (χ1v) is 8.45. The van der Waals surface area contributed by atoms with Crippen LogP contribution in [0.5, 0.6) is 0 Å². The number of fused-ring (bicyclic) bond motifs is 1. The highest BCUT2D eigenvalue weighted by molar-refractivity contribution is 6.35. The fourth-order valence-corrected chi connectivity index (χ4v) is 2.78. The number of hydrogen-bond donors (Lipinski definition) is 3. The summed E-state index contributed by atoms with van der Waals surface area (Å²) in [6, 6.07) is 15.5. The van der Waals surface area contributed by atoms with Crippen molar-refractivity contribution in [2.75, 3.05) is 17.2 Å². The summed E-state index contributed by atoms with van der Waals surface area (Å²) in [5.41, 5.74) is 2.10. The maximum absolute atomic E-state index is 11.6. The van der Waals surface area contributed by atoms with Gasteiger partial charge in [-0.05, 0) is 36.1 Å². The van der Waals surface area contributed by atoms with Gasteiger partial charge in [-0.3, -0.25) is 5.32 Å². The third-order valence-corrected chi connectivity index (χ3v) is 4.02. The van der Waals surface area contributed by atoms with Gasteiger partial charge < -0.3 is 10.6 Å². The molecule has 0 radical (unpaired) electrons. The summed E-state index contributed by atoms with van der Waals surface area (Å²) < 4.78 is 0. The number of amides is 2. The van der Waals surface area contributed by atoms with Crippen molar-refractivity contribution in [1.29, 1.82) is 0 Å².